The third kappa shape index (κ3) is 3.32. The largest absolute Gasteiger partial charge is 0.261 e. The summed E-state index contributed by atoms with van der Waals surface area (Å²) in [6, 6.07) is 1.78. The van der Waals surface area contributed by atoms with E-state index >= 15 is 0 Å². The number of aromatic nitrogens is 1. The standard InChI is InChI=1S/C7H9BrN2OS/c1-12(2,11)10-7-3-6(8)4-9-5-7/h3-5H,1-2H3. The van der Waals surface area contributed by atoms with Crippen molar-refractivity contribution in [3.05, 3.63) is 22.9 Å². The molecule has 1 rings (SSSR count). The van der Waals surface area contributed by atoms with Crippen LogP contribution in [-0.4, -0.2) is 21.7 Å². The molecular weight excluding hydrogens is 240 g/mol. The van der Waals surface area contributed by atoms with Gasteiger partial charge in [-0.3, -0.25) is 4.98 Å². The number of pyridine rings is 1. The summed E-state index contributed by atoms with van der Waals surface area (Å²) in [5.41, 5.74) is 0.638. The van der Waals surface area contributed by atoms with Crippen LogP contribution >= 0.6 is 15.9 Å². The molecular formula is C7H9BrN2OS. The third-order valence-corrected chi connectivity index (χ3v) is 2.10. The molecule has 0 aromatic carbocycles. The van der Waals surface area contributed by atoms with Crippen LogP contribution in [-0.2, 0) is 9.73 Å². The molecule has 0 radical (unpaired) electrons. The Morgan fingerprint density at radius 1 is 1.50 bits per heavy atom. The van der Waals surface area contributed by atoms with Crippen molar-refractivity contribution in [2.75, 3.05) is 12.5 Å². The van der Waals surface area contributed by atoms with E-state index in [9.17, 15) is 4.21 Å². The molecule has 1 aromatic heterocycles. The van der Waals surface area contributed by atoms with Gasteiger partial charge in [0.05, 0.1) is 11.9 Å². The monoisotopic (exact) mass is 248 g/mol. The second-order valence-corrected chi connectivity index (χ2v) is 6.09. The van der Waals surface area contributed by atoms with E-state index in [1.54, 1.807) is 31.0 Å². The van der Waals surface area contributed by atoms with E-state index in [2.05, 4.69) is 25.3 Å². The summed E-state index contributed by atoms with van der Waals surface area (Å²) in [6.07, 6.45) is 6.42. The van der Waals surface area contributed by atoms with Crippen molar-refractivity contribution >= 4 is 31.3 Å². The van der Waals surface area contributed by atoms with Gasteiger partial charge in [0.15, 0.2) is 0 Å². The SMILES string of the molecule is CS(C)(=O)=Nc1cncc(Br)c1. The highest BCUT2D eigenvalue weighted by Crippen LogP contribution is 2.17. The van der Waals surface area contributed by atoms with E-state index in [0.29, 0.717) is 5.69 Å². The van der Waals surface area contributed by atoms with Gasteiger partial charge in [-0.1, -0.05) is 0 Å². The molecule has 1 aromatic rings. The van der Waals surface area contributed by atoms with Crippen LogP contribution in [0.15, 0.2) is 27.3 Å². The van der Waals surface area contributed by atoms with Gasteiger partial charge in [-0.15, -0.1) is 0 Å². The molecule has 3 nitrogen and oxygen atoms in total. The Kier molecular flexibility index (Phi) is 2.85. The number of halogens is 1. The third-order valence-electron chi connectivity index (χ3n) is 1.02. The Balaban J connectivity index is 3.15. The quantitative estimate of drug-likeness (QED) is 0.765. The van der Waals surface area contributed by atoms with Crippen molar-refractivity contribution in [3.63, 3.8) is 0 Å². The average molecular weight is 249 g/mol. The zero-order valence-corrected chi connectivity index (χ0v) is 9.22. The predicted molar refractivity (Wildman–Crippen MR) is 54.0 cm³/mol. The van der Waals surface area contributed by atoms with Gasteiger partial charge >= 0.3 is 0 Å². The van der Waals surface area contributed by atoms with E-state index in [1.165, 1.54) is 0 Å². The fraction of sp³-hybridized carbons (Fsp3) is 0.286. The number of hydrogen-bond donors (Lipinski definition) is 0. The Bertz CT molecular complexity index is 388. The lowest BCUT2D eigenvalue weighted by Gasteiger charge is -1.95. The molecule has 0 fully saturated rings. The van der Waals surface area contributed by atoms with Gasteiger partial charge in [-0.05, 0) is 22.0 Å². The summed E-state index contributed by atoms with van der Waals surface area (Å²) in [4.78, 5) is 3.90. The van der Waals surface area contributed by atoms with Crippen LogP contribution in [0.2, 0.25) is 0 Å². The Morgan fingerprint density at radius 2 is 2.17 bits per heavy atom. The molecule has 0 unspecified atom stereocenters. The molecule has 0 aliphatic rings. The second kappa shape index (κ2) is 3.53. The van der Waals surface area contributed by atoms with E-state index < -0.39 is 9.73 Å². The highest BCUT2D eigenvalue weighted by atomic mass is 79.9. The molecule has 0 aliphatic heterocycles. The lowest BCUT2D eigenvalue weighted by molar-refractivity contribution is 0.684. The van der Waals surface area contributed by atoms with Crippen LogP contribution in [0.1, 0.15) is 0 Å². The highest BCUT2D eigenvalue weighted by Gasteiger charge is 1.94. The van der Waals surface area contributed by atoms with Crippen LogP contribution in [0.5, 0.6) is 0 Å². The maximum atomic E-state index is 11.3. The molecule has 0 N–H and O–H groups in total. The molecule has 0 aliphatic carbocycles. The normalized spacial score (nSPS) is 11.2. The van der Waals surface area contributed by atoms with Gasteiger partial charge in [-0.25, -0.2) is 4.21 Å². The first kappa shape index (κ1) is 9.67. The Morgan fingerprint density at radius 3 is 2.67 bits per heavy atom. The molecule has 5 heteroatoms. The van der Waals surface area contributed by atoms with Crippen molar-refractivity contribution in [1.29, 1.82) is 0 Å². The summed E-state index contributed by atoms with van der Waals surface area (Å²) >= 11 is 3.25. The van der Waals surface area contributed by atoms with Gasteiger partial charge in [-0.2, -0.15) is 4.36 Å². The van der Waals surface area contributed by atoms with E-state index in [-0.39, 0.29) is 0 Å². The molecule has 0 spiro atoms. The first-order valence-electron chi connectivity index (χ1n) is 3.25. The molecule has 0 saturated carbocycles. The topological polar surface area (TPSA) is 42.3 Å². The predicted octanol–water partition coefficient (Wildman–Crippen LogP) is 2.20. The van der Waals surface area contributed by atoms with Gasteiger partial charge in [0.25, 0.3) is 0 Å². The minimum absolute atomic E-state index is 0.638. The van der Waals surface area contributed by atoms with E-state index in [0.717, 1.165) is 4.47 Å². The van der Waals surface area contributed by atoms with Crippen molar-refractivity contribution in [1.82, 2.24) is 4.98 Å². The maximum Gasteiger partial charge on any atom is 0.0924 e. The molecule has 0 saturated heterocycles. The zero-order valence-electron chi connectivity index (χ0n) is 6.82. The molecule has 12 heavy (non-hydrogen) atoms. The van der Waals surface area contributed by atoms with Gasteiger partial charge in [0.2, 0.25) is 0 Å². The van der Waals surface area contributed by atoms with Crippen LogP contribution in [0.25, 0.3) is 0 Å². The summed E-state index contributed by atoms with van der Waals surface area (Å²) < 4.78 is 16.1. The Labute approximate surface area is 80.5 Å². The van der Waals surface area contributed by atoms with Crippen LogP contribution in [0.4, 0.5) is 5.69 Å². The smallest absolute Gasteiger partial charge is 0.0924 e. The highest BCUT2D eigenvalue weighted by molar-refractivity contribution is 9.10. The van der Waals surface area contributed by atoms with Gasteiger partial charge in [0.1, 0.15) is 0 Å². The number of rotatable bonds is 1. The van der Waals surface area contributed by atoms with Crippen molar-refractivity contribution in [2.45, 2.75) is 0 Å². The van der Waals surface area contributed by atoms with Crippen LogP contribution in [0, 0.1) is 0 Å². The minimum Gasteiger partial charge on any atom is -0.261 e. The van der Waals surface area contributed by atoms with Gasteiger partial charge in [0, 0.05) is 32.9 Å². The van der Waals surface area contributed by atoms with E-state index in [4.69, 9.17) is 0 Å². The van der Waals surface area contributed by atoms with Crippen molar-refractivity contribution in [3.8, 4) is 0 Å². The molecule has 1 heterocycles. The van der Waals surface area contributed by atoms with Crippen LogP contribution < -0.4 is 0 Å². The van der Waals surface area contributed by atoms with Gasteiger partial charge < -0.3 is 0 Å². The molecule has 0 atom stereocenters. The first-order valence-corrected chi connectivity index (χ1v) is 6.37. The molecule has 66 valence electrons. The van der Waals surface area contributed by atoms with E-state index in [1.807, 2.05) is 0 Å². The zero-order chi connectivity index (χ0) is 9.19. The average Bonchev–Trinajstić information content (AvgIpc) is 1.82. The van der Waals surface area contributed by atoms with Crippen molar-refractivity contribution in [2.24, 2.45) is 4.36 Å². The lowest BCUT2D eigenvalue weighted by Crippen LogP contribution is -1.88. The Hall–Kier alpha value is -0.420. The summed E-state index contributed by atoms with van der Waals surface area (Å²) in [7, 11) is -2.08. The fourth-order valence-electron chi connectivity index (χ4n) is 0.704. The maximum absolute atomic E-state index is 11.3. The first-order chi connectivity index (χ1) is 5.47. The number of hydrogen-bond acceptors (Lipinski definition) is 3. The number of nitrogens with zero attached hydrogens (tertiary/aromatic N) is 2. The molecule has 0 bridgehead atoms. The fourth-order valence-corrected chi connectivity index (χ4v) is 1.66. The summed E-state index contributed by atoms with van der Waals surface area (Å²) in [5.74, 6) is 0. The lowest BCUT2D eigenvalue weighted by atomic mass is 10.4. The summed E-state index contributed by atoms with van der Waals surface area (Å²) in [6.45, 7) is 0. The summed E-state index contributed by atoms with van der Waals surface area (Å²) in [5, 5.41) is 0. The second-order valence-electron chi connectivity index (χ2n) is 2.63. The van der Waals surface area contributed by atoms with Crippen molar-refractivity contribution < 1.29 is 4.21 Å². The van der Waals surface area contributed by atoms with Crippen LogP contribution in [0.3, 0.4) is 0 Å². The molecule has 0 amide bonds. The minimum atomic E-state index is -2.08.